The summed E-state index contributed by atoms with van der Waals surface area (Å²) in [6, 6.07) is 5.47. The molecule has 1 saturated carbocycles. The molecule has 4 heteroatoms. The van der Waals surface area contributed by atoms with Crippen molar-refractivity contribution in [3.8, 4) is 5.75 Å². The van der Waals surface area contributed by atoms with Crippen LogP contribution in [0.3, 0.4) is 0 Å². The molecule has 18 heavy (non-hydrogen) atoms. The number of phenols is 1. The minimum absolute atomic E-state index is 0.00116. The van der Waals surface area contributed by atoms with Gasteiger partial charge in [-0.1, -0.05) is 6.07 Å². The number of amides is 1. The number of hydrogen-bond donors (Lipinski definition) is 2. The average Bonchev–Trinajstić information content (AvgIpc) is 3.17. The van der Waals surface area contributed by atoms with Crippen LogP contribution in [0.25, 0.3) is 0 Å². The van der Waals surface area contributed by atoms with Crippen molar-refractivity contribution in [2.75, 3.05) is 13.1 Å². The lowest BCUT2D eigenvalue weighted by molar-refractivity contribution is 0.0742. The monoisotopic (exact) mass is 248 g/mol. The summed E-state index contributed by atoms with van der Waals surface area (Å²) in [5, 5.41) is 9.67. The third-order valence-corrected chi connectivity index (χ3v) is 3.31. The molecular formula is C14H20N2O2. The molecule has 0 bridgehead atoms. The first-order valence-corrected chi connectivity index (χ1v) is 6.44. The van der Waals surface area contributed by atoms with Crippen LogP contribution in [0.15, 0.2) is 18.2 Å². The second kappa shape index (κ2) is 5.40. The van der Waals surface area contributed by atoms with Crippen LogP contribution in [-0.4, -0.2) is 35.0 Å². The quantitative estimate of drug-likeness (QED) is 0.832. The minimum atomic E-state index is 0.00116. The molecule has 3 N–H and O–H groups in total. The fourth-order valence-corrected chi connectivity index (χ4v) is 2.01. The molecule has 0 unspecified atom stereocenters. The van der Waals surface area contributed by atoms with E-state index in [-0.39, 0.29) is 11.7 Å². The molecule has 1 aromatic rings. The summed E-state index contributed by atoms with van der Waals surface area (Å²) >= 11 is 0. The Bertz CT molecular complexity index is 441. The standard InChI is InChI=1S/C14H20N2O2/c1-10-3-4-11(9-13(10)17)14(18)16(8-2-7-15)12-5-6-12/h3-4,9,12,17H,2,5-8,15H2,1H3. The van der Waals surface area contributed by atoms with Crippen LogP contribution in [0.2, 0.25) is 0 Å². The lowest BCUT2D eigenvalue weighted by Gasteiger charge is -2.22. The minimum Gasteiger partial charge on any atom is -0.508 e. The number of benzene rings is 1. The predicted molar refractivity (Wildman–Crippen MR) is 70.6 cm³/mol. The Hall–Kier alpha value is -1.55. The van der Waals surface area contributed by atoms with Crippen LogP contribution in [0.5, 0.6) is 5.75 Å². The molecule has 2 rings (SSSR count). The predicted octanol–water partition coefficient (Wildman–Crippen LogP) is 1.65. The first-order valence-electron chi connectivity index (χ1n) is 6.44. The topological polar surface area (TPSA) is 66.6 Å². The number of hydrogen-bond acceptors (Lipinski definition) is 3. The highest BCUT2D eigenvalue weighted by Gasteiger charge is 2.32. The molecule has 1 aliphatic carbocycles. The molecule has 0 radical (unpaired) electrons. The maximum Gasteiger partial charge on any atom is 0.254 e. The molecule has 1 aliphatic rings. The molecule has 0 aromatic heterocycles. The highest BCUT2D eigenvalue weighted by Crippen LogP contribution is 2.29. The van der Waals surface area contributed by atoms with Gasteiger partial charge in [-0.15, -0.1) is 0 Å². The highest BCUT2D eigenvalue weighted by molar-refractivity contribution is 5.95. The van der Waals surface area contributed by atoms with Crippen LogP contribution in [0.4, 0.5) is 0 Å². The number of nitrogens with two attached hydrogens (primary N) is 1. The second-order valence-electron chi connectivity index (χ2n) is 4.87. The van der Waals surface area contributed by atoms with Crippen LogP contribution in [0, 0.1) is 6.92 Å². The van der Waals surface area contributed by atoms with E-state index in [1.165, 1.54) is 0 Å². The van der Waals surface area contributed by atoms with Crippen LogP contribution in [0.1, 0.15) is 35.2 Å². The number of rotatable bonds is 5. The molecular weight excluding hydrogens is 228 g/mol. The van der Waals surface area contributed by atoms with E-state index in [1.54, 1.807) is 18.2 Å². The van der Waals surface area contributed by atoms with Crippen LogP contribution < -0.4 is 5.73 Å². The Balaban J connectivity index is 2.13. The summed E-state index contributed by atoms with van der Waals surface area (Å²) in [6.45, 7) is 3.11. The summed E-state index contributed by atoms with van der Waals surface area (Å²) in [7, 11) is 0. The summed E-state index contributed by atoms with van der Waals surface area (Å²) in [5.41, 5.74) is 6.84. The smallest absolute Gasteiger partial charge is 0.254 e. The van der Waals surface area contributed by atoms with Gasteiger partial charge < -0.3 is 15.7 Å². The Kier molecular flexibility index (Phi) is 3.87. The Morgan fingerprint density at radius 2 is 2.22 bits per heavy atom. The number of aryl methyl sites for hydroxylation is 1. The van der Waals surface area contributed by atoms with Gasteiger partial charge in [-0.3, -0.25) is 4.79 Å². The van der Waals surface area contributed by atoms with Gasteiger partial charge in [0.2, 0.25) is 0 Å². The Morgan fingerprint density at radius 3 is 2.78 bits per heavy atom. The molecule has 0 saturated heterocycles. The molecule has 1 fully saturated rings. The second-order valence-corrected chi connectivity index (χ2v) is 4.87. The number of carbonyl (C=O) groups excluding carboxylic acids is 1. The lowest BCUT2D eigenvalue weighted by Crippen LogP contribution is -2.34. The zero-order valence-corrected chi connectivity index (χ0v) is 10.7. The number of nitrogens with zero attached hydrogens (tertiary/aromatic N) is 1. The fourth-order valence-electron chi connectivity index (χ4n) is 2.01. The summed E-state index contributed by atoms with van der Waals surface area (Å²) in [4.78, 5) is 14.3. The van der Waals surface area contributed by atoms with Crippen molar-refractivity contribution in [2.45, 2.75) is 32.2 Å². The van der Waals surface area contributed by atoms with Gasteiger partial charge in [0, 0.05) is 18.2 Å². The van der Waals surface area contributed by atoms with E-state index in [1.807, 2.05) is 11.8 Å². The lowest BCUT2D eigenvalue weighted by atomic mass is 10.1. The summed E-state index contributed by atoms with van der Waals surface area (Å²) in [5.74, 6) is 0.177. The van der Waals surface area contributed by atoms with Crippen LogP contribution in [-0.2, 0) is 0 Å². The van der Waals surface area contributed by atoms with Gasteiger partial charge in [0.15, 0.2) is 0 Å². The van der Waals surface area contributed by atoms with Crippen molar-refractivity contribution in [1.82, 2.24) is 4.90 Å². The van der Waals surface area contributed by atoms with E-state index in [0.29, 0.717) is 24.7 Å². The van der Waals surface area contributed by atoms with Gasteiger partial charge in [-0.2, -0.15) is 0 Å². The van der Waals surface area contributed by atoms with E-state index in [9.17, 15) is 9.90 Å². The largest absolute Gasteiger partial charge is 0.508 e. The molecule has 0 heterocycles. The number of carbonyl (C=O) groups is 1. The fraction of sp³-hybridized carbons (Fsp3) is 0.500. The molecule has 0 atom stereocenters. The summed E-state index contributed by atoms with van der Waals surface area (Å²) < 4.78 is 0. The van der Waals surface area contributed by atoms with Crippen molar-refractivity contribution < 1.29 is 9.90 Å². The van der Waals surface area contributed by atoms with Crippen LogP contribution >= 0.6 is 0 Å². The van der Waals surface area contributed by atoms with Gasteiger partial charge in [-0.05, 0) is 50.4 Å². The van der Waals surface area contributed by atoms with Gasteiger partial charge in [0.25, 0.3) is 5.91 Å². The summed E-state index contributed by atoms with van der Waals surface area (Å²) in [6.07, 6.45) is 2.97. The Labute approximate surface area is 107 Å². The van der Waals surface area contributed by atoms with Gasteiger partial charge in [0.1, 0.15) is 5.75 Å². The number of aromatic hydroxyl groups is 1. The molecule has 0 spiro atoms. The van der Waals surface area contributed by atoms with Gasteiger partial charge in [0.05, 0.1) is 0 Å². The van der Waals surface area contributed by atoms with Crippen molar-refractivity contribution in [1.29, 1.82) is 0 Å². The van der Waals surface area contributed by atoms with E-state index in [4.69, 9.17) is 5.73 Å². The van der Waals surface area contributed by atoms with E-state index in [2.05, 4.69) is 0 Å². The zero-order valence-electron chi connectivity index (χ0n) is 10.7. The molecule has 4 nitrogen and oxygen atoms in total. The SMILES string of the molecule is Cc1ccc(C(=O)N(CCCN)C2CC2)cc1O. The third-order valence-electron chi connectivity index (χ3n) is 3.31. The zero-order chi connectivity index (χ0) is 13.1. The van der Waals surface area contributed by atoms with Crippen molar-refractivity contribution in [2.24, 2.45) is 5.73 Å². The first kappa shape index (κ1) is 12.9. The van der Waals surface area contributed by atoms with Crippen molar-refractivity contribution in [3.05, 3.63) is 29.3 Å². The maximum absolute atomic E-state index is 12.4. The first-order chi connectivity index (χ1) is 8.63. The van der Waals surface area contributed by atoms with Gasteiger partial charge >= 0.3 is 0 Å². The normalized spacial score (nSPS) is 14.6. The van der Waals surface area contributed by atoms with E-state index in [0.717, 1.165) is 24.8 Å². The molecule has 1 aromatic carbocycles. The van der Waals surface area contributed by atoms with Gasteiger partial charge in [-0.25, -0.2) is 0 Å². The third kappa shape index (κ3) is 2.82. The van der Waals surface area contributed by atoms with Crippen molar-refractivity contribution in [3.63, 3.8) is 0 Å². The molecule has 98 valence electrons. The van der Waals surface area contributed by atoms with E-state index >= 15 is 0 Å². The highest BCUT2D eigenvalue weighted by atomic mass is 16.3. The maximum atomic E-state index is 12.4. The van der Waals surface area contributed by atoms with E-state index < -0.39 is 0 Å². The molecule has 1 amide bonds. The molecule has 0 aliphatic heterocycles. The number of phenolic OH excluding ortho intramolecular Hbond substituents is 1. The Morgan fingerprint density at radius 1 is 1.50 bits per heavy atom. The average molecular weight is 248 g/mol. The van der Waals surface area contributed by atoms with Crippen molar-refractivity contribution >= 4 is 5.91 Å².